The monoisotopic (exact) mass is 260 g/mol. The fourth-order valence-corrected chi connectivity index (χ4v) is 1.75. The second kappa shape index (κ2) is 6.10. The van der Waals surface area contributed by atoms with Gasteiger partial charge in [0.1, 0.15) is 0 Å². The number of aromatic nitrogens is 3. The number of aryl methyl sites for hydroxylation is 1. The maximum Gasteiger partial charge on any atom is 0.330 e. The third-order valence-corrected chi connectivity index (χ3v) is 2.80. The highest BCUT2D eigenvalue weighted by Gasteiger charge is 2.01. The van der Waals surface area contributed by atoms with Crippen molar-refractivity contribution >= 4 is 0 Å². The van der Waals surface area contributed by atoms with Gasteiger partial charge in [0.25, 0.3) is 5.56 Å². The van der Waals surface area contributed by atoms with Gasteiger partial charge in [-0.25, -0.2) is 4.79 Å². The normalized spacial score (nSPS) is 10.6. The molecule has 2 aromatic rings. The smallest absolute Gasteiger partial charge is 0.311 e. The van der Waals surface area contributed by atoms with E-state index in [-0.39, 0.29) is 11.2 Å². The lowest BCUT2D eigenvalue weighted by Gasteiger charge is -2.07. The lowest BCUT2D eigenvalue weighted by atomic mass is 10.3. The highest BCUT2D eigenvalue weighted by Crippen LogP contribution is 1.93. The van der Waals surface area contributed by atoms with Crippen LogP contribution in [0.4, 0.5) is 0 Å². The summed E-state index contributed by atoms with van der Waals surface area (Å²) in [6.45, 7) is 1.57. The molecule has 0 amide bonds. The molecule has 0 saturated heterocycles. The summed E-state index contributed by atoms with van der Waals surface area (Å²) in [6, 6.07) is 5.23. The van der Waals surface area contributed by atoms with Gasteiger partial charge in [-0.05, 0) is 11.6 Å². The molecular formula is C13H16N4O2. The van der Waals surface area contributed by atoms with Gasteiger partial charge in [0, 0.05) is 51.3 Å². The predicted octanol–water partition coefficient (Wildman–Crippen LogP) is -0.268. The van der Waals surface area contributed by atoms with E-state index in [0.29, 0.717) is 19.6 Å². The lowest BCUT2D eigenvalue weighted by Crippen LogP contribution is -2.40. The van der Waals surface area contributed by atoms with Crippen molar-refractivity contribution in [3.63, 3.8) is 0 Å². The quantitative estimate of drug-likeness (QED) is 0.752. The van der Waals surface area contributed by atoms with E-state index in [4.69, 9.17) is 0 Å². The van der Waals surface area contributed by atoms with E-state index in [1.807, 2.05) is 12.1 Å². The minimum Gasteiger partial charge on any atom is -0.311 e. The first-order valence-corrected chi connectivity index (χ1v) is 6.04. The summed E-state index contributed by atoms with van der Waals surface area (Å²) in [5.41, 5.74) is 0.498. The summed E-state index contributed by atoms with van der Waals surface area (Å²) in [4.78, 5) is 27.3. The molecular weight excluding hydrogens is 244 g/mol. The Morgan fingerprint density at radius 3 is 2.89 bits per heavy atom. The van der Waals surface area contributed by atoms with Crippen LogP contribution in [0.1, 0.15) is 5.56 Å². The molecule has 0 atom stereocenters. The van der Waals surface area contributed by atoms with Gasteiger partial charge < -0.3 is 9.88 Å². The Morgan fingerprint density at radius 1 is 1.32 bits per heavy atom. The fourth-order valence-electron chi connectivity index (χ4n) is 1.75. The molecule has 0 fully saturated rings. The Bertz CT molecular complexity index is 646. The van der Waals surface area contributed by atoms with Crippen molar-refractivity contribution in [2.45, 2.75) is 13.1 Å². The van der Waals surface area contributed by atoms with Crippen LogP contribution >= 0.6 is 0 Å². The highest BCUT2D eigenvalue weighted by molar-refractivity contribution is 5.07. The van der Waals surface area contributed by atoms with E-state index in [1.165, 1.54) is 21.4 Å². The molecule has 100 valence electrons. The molecule has 0 radical (unpaired) electrons. The average molecular weight is 260 g/mol. The van der Waals surface area contributed by atoms with Crippen molar-refractivity contribution in [1.29, 1.82) is 0 Å². The van der Waals surface area contributed by atoms with E-state index in [2.05, 4.69) is 10.3 Å². The van der Waals surface area contributed by atoms with Gasteiger partial charge in [0.05, 0.1) is 0 Å². The number of rotatable bonds is 5. The Labute approximate surface area is 110 Å². The first kappa shape index (κ1) is 13.2. The second-order valence-electron chi connectivity index (χ2n) is 4.24. The molecule has 0 aromatic carbocycles. The third kappa shape index (κ3) is 3.38. The molecule has 0 aliphatic rings. The van der Waals surface area contributed by atoms with Crippen LogP contribution in [0.25, 0.3) is 0 Å². The molecule has 0 aliphatic heterocycles. The standard InChI is InChI=1S/C13H16N4O2/c1-16-7-4-12(18)17(13(16)19)8-6-15-10-11-3-2-5-14-9-11/h2-5,7,9,15H,6,8,10H2,1H3. The molecule has 0 unspecified atom stereocenters. The summed E-state index contributed by atoms with van der Waals surface area (Å²) < 4.78 is 2.61. The van der Waals surface area contributed by atoms with Gasteiger partial charge in [-0.2, -0.15) is 0 Å². The van der Waals surface area contributed by atoms with Crippen LogP contribution in [0.2, 0.25) is 0 Å². The average Bonchev–Trinajstić information content (AvgIpc) is 2.43. The summed E-state index contributed by atoms with van der Waals surface area (Å²) in [6.07, 6.45) is 4.97. The van der Waals surface area contributed by atoms with Crippen LogP contribution < -0.4 is 16.6 Å². The van der Waals surface area contributed by atoms with Crippen LogP contribution in [-0.4, -0.2) is 20.7 Å². The summed E-state index contributed by atoms with van der Waals surface area (Å²) in [5.74, 6) is 0. The summed E-state index contributed by atoms with van der Waals surface area (Å²) >= 11 is 0. The minimum absolute atomic E-state index is 0.272. The van der Waals surface area contributed by atoms with Crippen molar-refractivity contribution < 1.29 is 0 Å². The topological polar surface area (TPSA) is 68.9 Å². The highest BCUT2D eigenvalue weighted by atomic mass is 16.2. The molecule has 6 heteroatoms. The molecule has 0 bridgehead atoms. The van der Waals surface area contributed by atoms with Crippen molar-refractivity contribution in [3.05, 3.63) is 63.2 Å². The first-order valence-electron chi connectivity index (χ1n) is 6.04. The van der Waals surface area contributed by atoms with Crippen LogP contribution in [0.3, 0.4) is 0 Å². The summed E-state index contributed by atoms with van der Waals surface area (Å²) in [5, 5.41) is 3.18. The molecule has 2 aromatic heterocycles. The maximum atomic E-state index is 11.7. The number of hydrogen-bond donors (Lipinski definition) is 1. The van der Waals surface area contributed by atoms with Crippen LogP contribution in [-0.2, 0) is 20.1 Å². The van der Waals surface area contributed by atoms with Gasteiger partial charge in [-0.15, -0.1) is 0 Å². The van der Waals surface area contributed by atoms with Crippen LogP contribution in [0.5, 0.6) is 0 Å². The van der Waals surface area contributed by atoms with Crippen molar-refractivity contribution in [3.8, 4) is 0 Å². The molecule has 0 spiro atoms. The van der Waals surface area contributed by atoms with Gasteiger partial charge in [0.15, 0.2) is 0 Å². The van der Waals surface area contributed by atoms with Crippen molar-refractivity contribution in [2.75, 3.05) is 6.54 Å². The Morgan fingerprint density at radius 2 is 2.16 bits per heavy atom. The zero-order chi connectivity index (χ0) is 13.7. The maximum absolute atomic E-state index is 11.7. The zero-order valence-corrected chi connectivity index (χ0v) is 10.7. The Hall–Kier alpha value is -2.21. The SMILES string of the molecule is Cn1ccc(=O)n(CCNCc2cccnc2)c1=O. The van der Waals surface area contributed by atoms with Gasteiger partial charge in [-0.3, -0.25) is 14.3 Å². The number of pyridine rings is 1. The Balaban J connectivity index is 1.92. The second-order valence-corrected chi connectivity index (χ2v) is 4.24. The van der Waals surface area contributed by atoms with E-state index in [1.54, 1.807) is 19.4 Å². The molecule has 19 heavy (non-hydrogen) atoms. The van der Waals surface area contributed by atoms with Crippen LogP contribution in [0, 0.1) is 0 Å². The van der Waals surface area contributed by atoms with E-state index >= 15 is 0 Å². The number of hydrogen-bond acceptors (Lipinski definition) is 4. The molecule has 2 heterocycles. The minimum atomic E-state index is -0.296. The number of nitrogens with zero attached hydrogens (tertiary/aromatic N) is 3. The van der Waals surface area contributed by atoms with Crippen molar-refractivity contribution in [2.24, 2.45) is 7.05 Å². The molecule has 2 rings (SSSR count). The first-order chi connectivity index (χ1) is 9.18. The van der Waals surface area contributed by atoms with Gasteiger partial charge in [0.2, 0.25) is 0 Å². The fraction of sp³-hybridized carbons (Fsp3) is 0.308. The summed E-state index contributed by atoms with van der Waals surface area (Å²) in [7, 11) is 1.63. The third-order valence-electron chi connectivity index (χ3n) is 2.80. The van der Waals surface area contributed by atoms with Gasteiger partial charge >= 0.3 is 5.69 Å². The van der Waals surface area contributed by atoms with Crippen LogP contribution in [0.15, 0.2) is 46.4 Å². The molecule has 6 nitrogen and oxygen atoms in total. The lowest BCUT2D eigenvalue weighted by molar-refractivity contribution is 0.544. The molecule has 1 N–H and O–H groups in total. The largest absolute Gasteiger partial charge is 0.330 e. The van der Waals surface area contributed by atoms with E-state index in [0.717, 1.165) is 5.56 Å². The number of nitrogens with one attached hydrogen (secondary N) is 1. The van der Waals surface area contributed by atoms with E-state index < -0.39 is 0 Å². The molecule has 0 saturated carbocycles. The Kier molecular flexibility index (Phi) is 4.25. The van der Waals surface area contributed by atoms with Gasteiger partial charge in [-0.1, -0.05) is 6.07 Å². The molecule has 0 aliphatic carbocycles. The van der Waals surface area contributed by atoms with Crippen molar-refractivity contribution in [1.82, 2.24) is 19.4 Å². The zero-order valence-electron chi connectivity index (χ0n) is 10.7. The van der Waals surface area contributed by atoms with E-state index in [9.17, 15) is 9.59 Å². The predicted molar refractivity (Wildman–Crippen MR) is 71.9 cm³/mol.